The molecule has 3 fully saturated rings. The van der Waals surface area contributed by atoms with Gasteiger partial charge in [0.25, 0.3) is 0 Å². The molecule has 0 aromatic heterocycles. The van der Waals surface area contributed by atoms with Crippen LogP contribution in [0.5, 0.6) is 0 Å². The van der Waals surface area contributed by atoms with Crippen molar-refractivity contribution in [3.8, 4) is 0 Å². The van der Waals surface area contributed by atoms with E-state index in [0.29, 0.717) is 11.7 Å². The second-order valence-electron chi connectivity index (χ2n) is 11.0. The van der Waals surface area contributed by atoms with Crippen LogP contribution >= 0.6 is 23.2 Å². The predicted molar refractivity (Wildman–Crippen MR) is 133 cm³/mol. The SMILES string of the molecule is CC1(C)OB(/C=C/CCCCl)OC1(C)C.CC1(C)OB(C2C[C@H]2CCCCl)OC1(C)C. The van der Waals surface area contributed by atoms with Gasteiger partial charge in [-0.1, -0.05) is 12.1 Å². The van der Waals surface area contributed by atoms with Gasteiger partial charge in [0.05, 0.1) is 22.4 Å². The first-order valence-corrected chi connectivity index (χ1v) is 12.8. The lowest BCUT2D eigenvalue weighted by atomic mass is 9.80. The normalized spacial score (nSPS) is 29.9. The summed E-state index contributed by atoms with van der Waals surface area (Å²) in [5.41, 5.74) is -0.850. The summed E-state index contributed by atoms with van der Waals surface area (Å²) < 4.78 is 23.7. The summed E-state index contributed by atoms with van der Waals surface area (Å²) in [4.78, 5) is 0. The molecule has 1 saturated carbocycles. The minimum absolute atomic E-state index is 0.00493. The van der Waals surface area contributed by atoms with Crippen molar-refractivity contribution in [3.05, 3.63) is 12.1 Å². The molecule has 31 heavy (non-hydrogen) atoms. The van der Waals surface area contributed by atoms with Crippen LogP contribution in [0, 0.1) is 5.92 Å². The first kappa shape index (κ1) is 27.5. The fourth-order valence-electron chi connectivity index (χ4n) is 3.71. The van der Waals surface area contributed by atoms with E-state index in [-0.39, 0.29) is 36.6 Å². The third-order valence-corrected chi connectivity index (χ3v) is 7.91. The van der Waals surface area contributed by atoms with Crippen molar-refractivity contribution in [2.45, 2.75) is 116 Å². The summed E-state index contributed by atoms with van der Waals surface area (Å²) >= 11 is 11.3. The van der Waals surface area contributed by atoms with Crippen LogP contribution in [0.25, 0.3) is 0 Å². The molecule has 1 aliphatic carbocycles. The lowest BCUT2D eigenvalue weighted by Crippen LogP contribution is -2.41. The second kappa shape index (κ2) is 10.7. The van der Waals surface area contributed by atoms with E-state index in [1.807, 2.05) is 5.98 Å². The number of rotatable bonds is 8. The average molecular weight is 475 g/mol. The minimum atomic E-state index is -0.242. The van der Waals surface area contributed by atoms with Crippen LogP contribution in [0.4, 0.5) is 0 Å². The molecule has 0 bridgehead atoms. The van der Waals surface area contributed by atoms with Crippen LogP contribution in [0.2, 0.25) is 5.82 Å². The molecule has 3 aliphatic rings. The summed E-state index contributed by atoms with van der Waals surface area (Å²) in [6, 6.07) is 0. The molecule has 2 atom stereocenters. The van der Waals surface area contributed by atoms with E-state index in [0.717, 1.165) is 31.1 Å². The molecule has 2 saturated heterocycles. The largest absolute Gasteiger partial charge is 0.486 e. The van der Waals surface area contributed by atoms with Crippen LogP contribution in [0.1, 0.15) is 87.5 Å². The highest BCUT2D eigenvalue weighted by Gasteiger charge is 2.59. The first-order valence-electron chi connectivity index (χ1n) is 11.8. The quantitative estimate of drug-likeness (QED) is 0.223. The first-order chi connectivity index (χ1) is 14.3. The average Bonchev–Trinajstić information content (AvgIpc) is 3.32. The Hall–Kier alpha value is 0.290. The molecule has 0 N–H and O–H groups in total. The zero-order chi connectivity index (χ0) is 23.5. The third-order valence-electron chi connectivity index (χ3n) is 7.38. The molecular formula is C23H42B2Cl2O4. The maximum Gasteiger partial charge on any atom is 0.486 e. The van der Waals surface area contributed by atoms with E-state index in [2.05, 4.69) is 61.5 Å². The van der Waals surface area contributed by atoms with Crippen LogP contribution < -0.4 is 0 Å². The number of unbranched alkanes of at least 4 members (excludes halogenated alkanes) is 1. The highest BCUT2D eigenvalue weighted by atomic mass is 35.5. The Morgan fingerprint density at radius 1 is 0.774 bits per heavy atom. The molecule has 0 amide bonds. The number of alkyl halides is 2. The Kier molecular flexibility index (Phi) is 9.50. The van der Waals surface area contributed by atoms with Crippen LogP contribution in [0.15, 0.2) is 12.1 Å². The molecule has 0 aromatic rings. The monoisotopic (exact) mass is 474 g/mol. The van der Waals surface area contributed by atoms with Crippen LogP contribution in [-0.4, -0.2) is 48.4 Å². The van der Waals surface area contributed by atoms with Crippen LogP contribution in [-0.2, 0) is 18.6 Å². The van der Waals surface area contributed by atoms with Gasteiger partial charge in [0.1, 0.15) is 0 Å². The maximum atomic E-state index is 6.04. The Morgan fingerprint density at radius 2 is 1.26 bits per heavy atom. The minimum Gasteiger partial charge on any atom is -0.403 e. The Labute approximate surface area is 201 Å². The fourth-order valence-corrected chi connectivity index (χ4v) is 4.02. The topological polar surface area (TPSA) is 36.9 Å². The molecule has 4 nitrogen and oxygen atoms in total. The fraction of sp³-hybridized carbons (Fsp3) is 0.913. The van der Waals surface area contributed by atoms with Gasteiger partial charge in [-0.2, -0.15) is 0 Å². The molecule has 178 valence electrons. The Morgan fingerprint density at radius 3 is 1.74 bits per heavy atom. The molecule has 3 rings (SSSR count). The van der Waals surface area contributed by atoms with Crippen molar-refractivity contribution in [1.29, 1.82) is 0 Å². The number of halogens is 2. The molecule has 0 radical (unpaired) electrons. The molecule has 0 aromatic carbocycles. The van der Waals surface area contributed by atoms with Gasteiger partial charge in [-0.15, -0.1) is 23.2 Å². The zero-order valence-electron chi connectivity index (χ0n) is 20.8. The second-order valence-corrected chi connectivity index (χ2v) is 11.8. The molecule has 1 unspecified atom stereocenters. The van der Waals surface area contributed by atoms with Crippen LogP contribution in [0.3, 0.4) is 0 Å². The maximum absolute atomic E-state index is 6.04. The molecule has 2 aliphatic heterocycles. The lowest BCUT2D eigenvalue weighted by molar-refractivity contribution is 0.00578. The summed E-state index contributed by atoms with van der Waals surface area (Å²) in [6.45, 7) is 16.7. The number of hydrogen-bond acceptors (Lipinski definition) is 4. The zero-order valence-corrected chi connectivity index (χ0v) is 22.3. The van der Waals surface area contributed by atoms with Gasteiger partial charge >= 0.3 is 14.2 Å². The number of hydrogen-bond donors (Lipinski definition) is 0. The van der Waals surface area contributed by atoms with Crippen molar-refractivity contribution in [2.24, 2.45) is 5.92 Å². The van der Waals surface area contributed by atoms with E-state index in [1.54, 1.807) is 0 Å². The van der Waals surface area contributed by atoms with Gasteiger partial charge in [0.2, 0.25) is 0 Å². The van der Waals surface area contributed by atoms with E-state index in [9.17, 15) is 0 Å². The molecular weight excluding hydrogens is 433 g/mol. The summed E-state index contributed by atoms with van der Waals surface area (Å²) in [6.07, 6.45) is 7.63. The van der Waals surface area contributed by atoms with Gasteiger partial charge in [-0.05, 0) is 99.2 Å². The third kappa shape index (κ3) is 7.13. The molecule has 0 spiro atoms. The van der Waals surface area contributed by atoms with Crippen molar-refractivity contribution < 1.29 is 18.6 Å². The smallest absolute Gasteiger partial charge is 0.403 e. The predicted octanol–water partition coefficient (Wildman–Crippen LogP) is 6.68. The lowest BCUT2D eigenvalue weighted by Gasteiger charge is -2.32. The van der Waals surface area contributed by atoms with Gasteiger partial charge < -0.3 is 18.6 Å². The standard InChI is InChI=1S/C12H22BClO2.C11H20BClO2/c1-11(2)12(3,4)16-13(15-11)10-8-9(10)6-5-7-14;1-10(2)11(3,4)15-12(14-10)8-6-5-7-9-13/h9-10H,5-8H2,1-4H3;6,8H,5,7,9H2,1-4H3/b;8-6+/t9-,10?;/m1./s1. The summed E-state index contributed by atoms with van der Waals surface area (Å²) in [5, 5.41) is 0. The Bertz CT molecular complexity index is 578. The highest BCUT2D eigenvalue weighted by molar-refractivity contribution is 6.51. The van der Waals surface area contributed by atoms with Crippen molar-refractivity contribution in [1.82, 2.24) is 0 Å². The van der Waals surface area contributed by atoms with Crippen molar-refractivity contribution in [3.63, 3.8) is 0 Å². The van der Waals surface area contributed by atoms with E-state index in [4.69, 9.17) is 41.8 Å². The van der Waals surface area contributed by atoms with Crippen molar-refractivity contribution >= 4 is 37.4 Å². The molecule has 2 heterocycles. The Balaban J connectivity index is 0.000000221. The molecule has 8 heteroatoms. The van der Waals surface area contributed by atoms with E-state index in [1.165, 1.54) is 12.8 Å². The van der Waals surface area contributed by atoms with Crippen molar-refractivity contribution in [2.75, 3.05) is 11.8 Å². The summed E-state index contributed by atoms with van der Waals surface area (Å²) in [7, 11) is -0.212. The van der Waals surface area contributed by atoms with E-state index >= 15 is 0 Å². The highest BCUT2D eigenvalue weighted by Crippen LogP contribution is 2.54. The van der Waals surface area contributed by atoms with E-state index < -0.39 is 0 Å². The van der Waals surface area contributed by atoms with Gasteiger partial charge in [-0.3, -0.25) is 0 Å². The number of allylic oxidation sites excluding steroid dienone is 1. The van der Waals surface area contributed by atoms with Gasteiger partial charge in [-0.25, -0.2) is 0 Å². The van der Waals surface area contributed by atoms with Gasteiger partial charge in [0, 0.05) is 11.8 Å². The summed E-state index contributed by atoms with van der Waals surface area (Å²) in [5.74, 6) is 4.82. The van der Waals surface area contributed by atoms with Gasteiger partial charge in [0.15, 0.2) is 0 Å².